The Morgan fingerprint density at radius 2 is 1.68 bits per heavy atom. The number of benzene rings is 2. The van der Waals surface area contributed by atoms with Crippen molar-refractivity contribution in [2.45, 2.75) is 0 Å². The largest absolute Gasteiger partial charge is 0.497 e. The molecule has 3 aromatic rings. The first-order valence-corrected chi connectivity index (χ1v) is 9.14. The highest BCUT2D eigenvalue weighted by molar-refractivity contribution is 6.23. The summed E-state index contributed by atoms with van der Waals surface area (Å²) < 4.78 is 11.2. The lowest BCUT2D eigenvalue weighted by molar-refractivity contribution is 0.0601. The van der Waals surface area contributed by atoms with E-state index in [2.05, 4.69) is 5.32 Å². The second-order valence-electron chi connectivity index (χ2n) is 6.69. The molecule has 156 valence electrons. The van der Waals surface area contributed by atoms with Gasteiger partial charge in [0.15, 0.2) is 0 Å². The fraction of sp³-hybridized carbons (Fsp3) is 0.0909. The Hall–Kier alpha value is -4.40. The van der Waals surface area contributed by atoms with Crippen molar-refractivity contribution in [1.82, 2.24) is 9.88 Å². The van der Waals surface area contributed by atoms with Gasteiger partial charge in [-0.05, 0) is 29.8 Å². The van der Waals surface area contributed by atoms with Crippen LogP contribution >= 0.6 is 0 Å². The summed E-state index contributed by atoms with van der Waals surface area (Å²) in [7, 11) is 2.78. The summed E-state index contributed by atoms with van der Waals surface area (Å²) in [5, 5.41) is 2.13. The number of rotatable bonds is 4. The van der Waals surface area contributed by atoms with Crippen molar-refractivity contribution < 1.29 is 23.9 Å². The molecule has 0 atom stereocenters. The third-order valence-electron chi connectivity index (χ3n) is 5.02. The zero-order valence-electron chi connectivity index (χ0n) is 16.6. The molecule has 0 saturated carbocycles. The van der Waals surface area contributed by atoms with Crippen molar-refractivity contribution in [3.8, 4) is 22.6 Å². The predicted octanol–water partition coefficient (Wildman–Crippen LogP) is 1.77. The molecule has 1 aliphatic heterocycles. The number of amides is 2. The average Bonchev–Trinajstić information content (AvgIpc) is 3.06. The molecule has 2 aromatic carbocycles. The molecule has 3 N–H and O–H groups in total. The van der Waals surface area contributed by atoms with Crippen molar-refractivity contribution in [1.29, 1.82) is 0 Å². The molecule has 0 saturated heterocycles. The quantitative estimate of drug-likeness (QED) is 0.487. The monoisotopic (exact) mass is 419 g/mol. The number of methoxy groups -OCH3 is 2. The lowest BCUT2D eigenvalue weighted by atomic mass is 9.96. The molecule has 0 aliphatic carbocycles. The average molecular weight is 419 g/mol. The van der Waals surface area contributed by atoms with Gasteiger partial charge in [0.2, 0.25) is 0 Å². The zero-order valence-corrected chi connectivity index (χ0v) is 16.6. The third-order valence-corrected chi connectivity index (χ3v) is 5.02. The molecular formula is C22H17N3O6. The van der Waals surface area contributed by atoms with Gasteiger partial charge in [0.05, 0.1) is 36.6 Å². The summed E-state index contributed by atoms with van der Waals surface area (Å²) >= 11 is 0. The Morgan fingerprint density at radius 1 is 0.968 bits per heavy atom. The lowest BCUT2D eigenvalue weighted by Crippen LogP contribution is -2.25. The van der Waals surface area contributed by atoms with Crippen LogP contribution in [-0.2, 0) is 4.74 Å². The number of nitrogens with one attached hydrogen (secondary N) is 1. The number of carbonyl (C=O) groups excluding carboxylic acids is 3. The minimum atomic E-state index is -0.693. The van der Waals surface area contributed by atoms with Gasteiger partial charge in [-0.25, -0.2) is 4.79 Å². The fourth-order valence-corrected chi connectivity index (χ4v) is 3.60. The van der Waals surface area contributed by atoms with Gasteiger partial charge in [-0.1, -0.05) is 18.2 Å². The van der Waals surface area contributed by atoms with Gasteiger partial charge < -0.3 is 15.2 Å². The second kappa shape index (κ2) is 7.45. The van der Waals surface area contributed by atoms with Gasteiger partial charge in [-0.15, -0.1) is 0 Å². The summed E-state index contributed by atoms with van der Waals surface area (Å²) in [5.41, 5.74) is 6.79. The fourth-order valence-electron chi connectivity index (χ4n) is 3.60. The highest BCUT2D eigenvalue weighted by atomic mass is 16.5. The summed E-state index contributed by atoms with van der Waals surface area (Å²) in [6.45, 7) is 0. The number of nitrogens with two attached hydrogens (primary N) is 1. The number of carbonyl (C=O) groups is 3. The predicted molar refractivity (Wildman–Crippen MR) is 112 cm³/mol. The van der Waals surface area contributed by atoms with Gasteiger partial charge in [-0.3, -0.25) is 24.3 Å². The molecule has 31 heavy (non-hydrogen) atoms. The number of hydrogen-bond donors (Lipinski definition) is 2. The molecule has 1 aliphatic rings. The summed E-state index contributed by atoms with van der Waals surface area (Å²) in [4.78, 5) is 49.6. The molecule has 4 rings (SSSR count). The van der Waals surface area contributed by atoms with Crippen LogP contribution in [0.5, 0.6) is 5.75 Å². The van der Waals surface area contributed by atoms with Crippen molar-refractivity contribution in [2.75, 3.05) is 20.0 Å². The maximum Gasteiger partial charge on any atom is 0.338 e. The highest BCUT2D eigenvalue weighted by Crippen LogP contribution is 2.34. The van der Waals surface area contributed by atoms with Crippen LogP contribution in [0.1, 0.15) is 31.1 Å². The second-order valence-corrected chi connectivity index (χ2v) is 6.69. The SMILES string of the molecule is COC(=O)c1cccc(-n2c(N)c3c(cc2=O)C(=O)NC3=O)c1-c1ccc(OC)cc1. The van der Waals surface area contributed by atoms with Crippen LogP contribution in [0.15, 0.2) is 53.3 Å². The molecule has 9 nitrogen and oxygen atoms in total. The molecule has 2 heterocycles. The molecule has 0 radical (unpaired) electrons. The topological polar surface area (TPSA) is 130 Å². The molecule has 0 fully saturated rings. The Balaban J connectivity index is 2.06. The number of nitrogen functional groups attached to an aromatic ring is 1. The number of imide groups is 1. The molecule has 0 unspecified atom stereocenters. The molecule has 0 bridgehead atoms. The van der Waals surface area contributed by atoms with E-state index in [4.69, 9.17) is 15.2 Å². The number of esters is 1. The van der Waals surface area contributed by atoms with E-state index in [1.54, 1.807) is 42.5 Å². The van der Waals surface area contributed by atoms with Gasteiger partial charge in [0.1, 0.15) is 11.6 Å². The molecule has 1 aromatic heterocycles. The first-order valence-electron chi connectivity index (χ1n) is 9.14. The standard InChI is InChI=1S/C22H17N3O6/c1-30-12-8-6-11(7-9-12)17-13(22(29)31-2)4-3-5-15(17)25-16(26)10-14-18(19(25)23)21(28)24-20(14)27/h3-10H,23H2,1-2H3,(H,24,27,28). The summed E-state index contributed by atoms with van der Waals surface area (Å²) in [5.74, 6) is -1.60. The normalized spacial score (nSPS) is 12.3. The molecular weight excluding hydrogens is 402 g/mol. The van der Waals surface area contributed by atoms with Crippen molar-refractivity contribution in [3.63, 3.8) is 0 Å². The molecule has 9 heteroatoms. The summed E-state index contributed by atoms with van der Waals surface area (Å²) in [6, 6.07) is 12.6. The Kier molecular flexibility index (Phi) is 4.78. The lowest BCUT2D eigenvalue weighted by Gasteiger charge is -2.18. The molecule has 2 amide bonds. The minimum absolute atomic E-state index is 0.0844. The van der Waals surface area contributed by atoms with E-state index in [1.807, 2.05) is 0 Å². The van der Waals surface area contributed by atoms with Crippen molar-refractivity contribution in [2.24, 2.45) is 0 Å². The maximum atomic E-state index is 12.9. The van der Waals surface area contributed by atoms with Crippen LogP contribution in [0.4, 0.5) is 5.82 Å². The van der Waals surface area contributed by atoms with Gasteiger partial charge in [0.25, 0.3) is 17.4 Å². The zero-order chi connectivity index (χ0) is 22.3. The minimum Gasteiger partial charge on any atom is -0.497 e. The first-order chi connectivity index (χ1) is 14.9. The van der Waals surface area contributed by atoms with E-state index in [-0.39, 0.29) is 28.2 Å². The smallest absolute Gasteiger partial charge is 0.338 e. The Labute approximate surface area is 176 Å². The van der Waals surface area contributed by atoms with E-state index in [9.17, 15) is 19.2 Å². The molecule has 0 spiro atoms. The van der Waals surface area contributed by atoms with E-state index in [0.29, 0.717) is 16.9 Å². The number of aromatic nitrogens is 1. The van der Waals surface area contributed by atoms with Crippen LogP contribution in [0.2, 0.25) is 0 Å². The Morgan fingerprint density at radius 3 is 2.32 bits per heavy atom. The number of fused-ring (bicyclic) bond motifs is 1. The summed E-state index contributed by atoms with van der Waals surface area (Å²) in [6.07, 6.45) is 0. The number of hydrogen-bond acceptors (Lipinski definition) is 7. The van der Waals surface area contributed by atoms with Crippen LogP contribution in [-0.4, -0.2) is 36.6 Å². The van der Waals surface area contributed by atoms with Crippen molar-refractivity contribution >= 4 is 23.6 Å². The van der Waals surface area contributed by atoms with Gasteiger partial charge >= 0.3 is 5.97 Å². The third kappa shape index (κ3) is 3.12. The highest BCUT2D eigenvalue weighted by Gasteiger charge is 2.32. The number of pyridine rings is 1. The van der Waals surface area contributed by atoms with Gasteiger partial charge in [0, 0.05) is 11.6 Å². The van der Waals surface area contributed by atoms with Gasteiger partial charge in [-0.2, -0.15) is 0 Å². The maximum absolute atomic E-state index is 12.9. The van der Waals surface area contributed by atoms with Crippen LogP contribution in [0.25, 0.3) is 16.8 Å². The number of nitrogens with zero attached hydrogens (tertiary/aromatic N) is 1. The van der Waals surface area contributed by atoms with Crippen LogP contribution in [0, 0.1) is 0 Å². The van der Waals surface area contributed by atoms with Crippen LogP contribution < -0.4 is 21.3 Å². The number of ether oxygens (including phenoxy) is 2. The van der Waals surface area contributed by atoms with Crippen LogP contribution in [0.3, 0.4) is 0 Å². The first kappa shape index (κ1) is 19.9. The van der Waals surface area contributed by atoms with Crippen molar-refractivity contribution in [3.05, 3.63) is 75.6 Å². The van der Waals surface area contributed by atoms with E-state index >= 15 is 0 Å². The van der Waals surface area contributed by atoms with E-state index in [0.717, 1.165) is 10.6 Å². The van der Waals surface area contributed by atoms with E-state index < -0.39 is 23.3 Å². The Bertz CT molecular complexity index is 1310. The van der Waals surface area contributed by atoms with E-state index in [1.165, 1.54) is 14.2 Å². The number of anilines is 1.